The molecule has 0 fully saturated rings. The molecule has 0 saturated carbocycles. The molecule has 0 N–H and O–H groups in total. The quantitative estimate of drug-likeness (QED) is 0.553. The monoisotopic (exact) mass is 212 g/mol. The predicted molar refractivity (Wildman–Crippen MR) is 67.8 cm³/mol. The van der Waals surface area contributed by atoms with Gasteiger partial charge in [-0.05, 0) is 25.3 Å². The highest BCUT2D eigenvalue weighted by Crippen LogP contribution is 2.16. The van der Waals surface area contributed by atoms with Crippen LogP contribution in [0.4, 0.5) is 0 Å². The fourth-order valence-electron chi connectivity index (χ4n) is 1.69. The van der Waals surface area contributed by atoms with Gasteiger partial charge in [-0.3, -0.25) is 0 Å². The standard InChI is InChI=1S/C14H16N2/c1-13(16-11-10-15-12-16)6-5-9-14-7-3-2-4-8-14/h2-3,5-6,9-12H,1,4,7-8H2/b6-5-,14-9+. The van der Waals surface area contributed by atoms with E-state index in [0.29, 0.717) is 0 Å². The van der Waals surface area contributed by atoms with Crippen LogP contribution in [-0.2, 0) is 0 Å². The number of nitrogens with zero attached hydrogens (tertiary/aromatic N) is 2. The van der Waals surface area contributed by atoms with Crippen LogP contribution in [0.5, 0.6) is 0 Å². The second kappa shape index (κ2) is 5.31. The smallest absolute Gasteiger partial charge is 0.0991 e. The van der Waals surface area contributed by atoms with Gasteiger partial charge in [0.05, 0.1) is 6.33 Å². The van der Waals surface area contributed by atoms with E-state index in [4.69, 9.17) is 0 Å². The van der Waals surface area contributed by atoms with Gasteiger partial charge in [0.2, 0.25) is 0 Å². The average Bonchev–Trinajstić information content (AvgIpc) is 2.84. The van der Waals surface area contributed by atoms with E-state index >= 15 is 0 Å². The molecule has 0 bridgehead atoms. The molecule has 0 radical (unpaired) electrons. The summed E-state index contributed by atoms with van der Waals surface area (Å²) >= 11 is 0. The number of hydrogen-bond donors (Lipinski definition) is 0. The summed E-state index contributed by atoms with van der Waals surface area (Å²) in [5.74, 6) is 0. The summed E-state index contributed by atoms with van der Waals surface area (Å²) in [7, 11) is 0. The largest absolute Gasteiger partial charge is 0.307 e. The average molecular weight is 212 g/mol. The molecule has 0 aromatic carbocycles. The van der Waals surface area contributed by atoms with Crippen LogP contribution in [-0.4, -0.2) is 9.55 Å². The maximum Gasteiger partial charge on any atom is 0.0991 e. The molecular formula is C14H16N2. The third-order valence-corrected chi connectivity index (χ3v) is 2.64. The van der Waals surface area contributed by atoms with E-state index in [1.54, 1.807) is 12.5 Å². The lowest BCUT2D eigenvalue weighted by Crippen LogP contribution is -1.88. The van der Waals surface area contributed by atoms with Crippen LogP contribution < -0.4 is 0 Å². The number of rotatable bonds is 3. The van der Waals surface area contributed by atoms with Gasteiger partial charge in [-0.15, -0.1) is 0 Å². The molecule has 0 aliphatic heterocycles. The molecule has 1 aromatic rings. The van der Waals surface area contributed by atoms with Crippen LogP contribution in [0.1, 0.15) is 19.3 Å². The van der Waals surface area contributed by atoms with Crippen molar-refractivity contribution in [1.82, 2.24) is 9.55 Å². The Bertz CT molecular complexity index is 433. The number of hydrogen-bond acceptors (Lipinski definition) is 1. The molecule has 82 valence electrons. The summed E-state index contributed by atoms with van der Waals surface area (Å²) in [5, 5.41) is 0. The molecule has 2 nitrogen and oxygen atoms in total. The Labute approximate surface area is 96.3 Å². The van der Waals surface area contributed by atoms with Gasteiger partial charge in [0.15, 0.2) is 0 Å². The van der Waals surface area contributed by atoms with E-state index in [-0.39, 0.29) is 0 Å². The van der Waals surface area contributed by atoms with Crippen molar-refractivity contribution in [3.63, 3.8) is 0 Å². The van der Waals surface area contributed by atoms with Crippen LogP contribution in [0.2, 0.25) is 0 Å². The highest BCUT2D eigenvalue weighted by Gasteiger charge is 1.97. The molecular weight excluding hydrogens is 196 g/mol. The highest BCUT2D eigenvalue weighted by molar-refractivity contribution is 5.54. The molecule has 0 amide bonds. The van der Waals surface area contributed by atoms with Crippen molar-refractivity contribution in [3.05, 3.63) is 61.3 Å². The minimum absolute atomic E-state index is 0.931. The van der Waals surface area contributed by atoms with E-state index in [2.05, 4.69) is 35.9 Å². The zero-order chi connectivity index (χ0) is 11.2. The molecule has 2 heteroatoms. The molecule has 1 heterocycles. The summed E-state index contributed by atoms with van der Waals surface area (Å²) in [6.07, 6.45) is 19.6. The Morgan fingerprint density at radius 2 is 2.38 bits per heavy atom. The van der Waals surface area contributed by atoms with Gasteiger partial charge < -0.3 is 4.57 Å². The van der Waals surface area contributed by atoms with E-state index in [1.165, 1.54) is 18.4 Å². The molecule has 0 spiro atoms. The first-order valence-corrected chi connectivity index (χ1v) is 5.54. The minimum atomic E-state index is 0.931. The number of aromatic nitrogens is 2. The zero-order valence-electron chi connectivity index (χ0n) is 9.34. The van der Waals surface area contributed by atoms with E-state index in [0.717, 1.165) is 12.1 Å². The van der Waals surface area contributed by atoms with Crippen molar-refractivity contribution in [2.24, 2.45) is 0 Å². The summed E-state index contributed by atoms with van der Waals surface area (Å²) in [6, 6.07) is 0. The zero-order valence-corrected chi connectivity index (χ0v) is 9.34. The maximum atomic E-state index is 3.98. The highest BCUT2D eigenvalue weighted by atomic mass is 15.0. The molecule has 1 aromatic heterocycles. The van der Waals surface area contributed by atoms with Gasteiger partial charge in [-0.2, -0.15) is 0 Å². The SMILES string of the molecule is C=C(/C=C\C=C1/CC=CCC1)n1ccnc1. The molecule has 1 aliphatic rings. The van der Waals surface area contributed by atoms with E-state index in [9.17, 15) is 0 Å². The number of allylic oxidation sites excluding steroid dienone is 7. The molecule has 16 heavy (non-hydrogen) atoms. The summed E-state index contributed by atoms with van der Waals surface area (Å²) in [4.78, 5) is 3.98. The lowest BCUT2D eigenvalue weighted by atomic mass is 10.0. The fraction of sp³-hybridized carbons (Fsp3) is 0.214. The summed E-state index contributed by atoms with van der Waals surface area (Å²) in [5.41, 5.74) is 2.41. The lowest BCUT2D eigenvalue weighted by molar-refractivity contribution is 0.900. The van der Waals surface area contributed by atoms with Gasteiger partial charge in [0.25, 0.3) is 0 Å². The molecule has 2 rings (SSSR count). The van der Waals surface area contributed by atoms with Gasteiger partial charge in [0.1, 0.15) is 0 Å². The summed E-state index contributed by atoms with van der Waals surface area (Å²) in [6.45, 7) is 3.97. The van der Waals surface area contributed by atoms with Crippen molar-refractivity contribution in [2.75, 3.05) is 0 Å². The van der Waals surface area contributed by atoms with Crippen molar-refractivity contribution < 1.29 is 0 Å². The molecule has 0 atom stereocenters. The fourth-order valence-corrected chi connectivity index (χ4v) is 1.69. The minimum Gasteiger partial charge on any atom is -0.307 e. The van der Waals surface area contributed by atoms with Crippen LogP contribution in [0.25, 0.3) is 5.70 Å². The second-order valence-electron chi connectivity index (χ2n) is 3.86. The Balaban J connectivity index is 1.94. The predicted octanol–water partition coefficient (Wildman–Crippen LogP) is 3.58. The molecule has 0 unspecified atom stereocenters. The third-order valence-electron chi connectivity index (χ3n) is 2.64. The Morgan fingerprint density at radius 1 is 1.44 bits per heavy atom. The Morgan fingerprint density at radius 3 is 3.06 bits per heavy atom. The van der Waals surface area contributed by atoms with Gasteiger partial charge in [-0.25, -0.2) is 4.98 Å². The van der Waals surface area contributed by atoms with Crippen molar-refractivity contribution in [1.29, 1.82) is 0 Å². The van der Waals surface area contributed by atoms with Crippen molar-refractivity contribution in [3.8, 4) is 0 Å². The van der Waals surface area contributed by atoms with E-state index in [1.807, 2.05) is 16.8 Å². The van der Waals surface area contributed by atoms with Crippen molar-refractivity contribution >= 4 is 5.70 Å². The summed E-state index contributed by atoms with van der Waals surface area (Å²) < 4.78 is 1.90. The third kappa shape index (κ3) is 2.83. The van der Waals surface area contributed by atoms with Crippen LogP contribution >= 0.6 is 0 Å². The van der Waals surface area contributed by atoms with E-state index < -0.39 is 0 Å². The number of imidazole rings is 1. The topological polar surface area (TPSA) is 17.8 Å². The Kier molecular flexibility index (Phi) is 3.54. The molecule has 0 saturated heterocycles. The first-order valence-electron chi connectivity index (χ1n) is 5.54. The second-order valence-corrected chi connectivity index (χ2v) is 3.86. The molecule has 1 aliphatic carbocycles. The normalized spacial score (nSPS) is 18.4. The first kappa shape index (κ1) is 10.7. The maximum absolute atomic E-state index is 3.98. The van der Waals surface area contributed by atoms with Gasteiger partial charge >= 0.3 is 0 Å². The van der Waals surface area contributed by atoms with Crippen LogP contribution in [0.15, 0.2) is 61.3 Å². The van der Waals surface area contributed by atoms with Crippen molar-refractivity contribution in [2.45, 2.75) is 19.3 Å². The Hall–Kier alpha value is -1.83. The first-order chi connectivity index (χ1) is 7.86. The van der Waals surface area contributed by atoms with Crippen LogP contribution in [0.3, 0.4) is 0 Å². The lowest BCUT2D eigenvalue weighted by Gasteiger charge is -2.06. The van der Waals surface area contributed by atoms with Crippen LogP contribution in [0, 0.1) is 0 Å². The van der Waals surface area contributed by atoms with Gasteiger partial charge in [0, 0.05) is 18.1 Å². The van der Waals surface area contributed by atoms with Gasteiger partial charge in [-0.1, -0.05) is 36.5 Å².